The number of carbonyl (C=O) groups excluding carboxylic acids is 1. The van der Waals surface area contributed by atoms with Crippen LogP contribution in [0.2, 0.25) is 0 Å². The molecule has 2 aliphatic carbocycles. The average Bonchev–Trinajstić information content (AvgIpc) is 2.62. The second-order valence-electron chi connectivity index (χ2n) is 6.55. The Hall–Kier alpha value is -1.11. The minimum Gasteiger partial charge on any atom is -0.299 e. The highest BCUT2D eigenvalue weighted by Gasteiger charge is 2.22. The Morgan fingerprint density at radius 1 is 1.35 bits per heavy atom. The molecule has 1 nitrogen and oxygen atoms in total. The Labute approximate surface area is 123 Å². The Balaban J connectivity index is 1.96. The van der Waals surface area contributed by atoms with Crippen LogP contribution in [0, 0.1) is 17.8 Å². The van der Waals surface area contributed by atoms with Crippen molar-refractivity contribution in [2.45, 2.75) is 58.8 Å². The molecule has 0 radical (unpaired) electrons. The fourth-order valence-electron chi connectivity index (χ4n) is 3.50. The molecule has 2 rings (SSSR count). The van der Waals surface area contributed by atoms with Crippen LogP contribution in [0.25, 0.3) is 0 Å². The molecule has 0 aromatic rings. The van der Waals surface area contributed by atoms with Crippen LogP contribution < -0.4 is 0 Å². The summed E-state index contributed by atoms with van der Waals surface area (Å²) in [5.74, 6) is 2.11. The van der Waals surface area contributed by atoms with Crippen molar-refractivity contribution >= 4 is 5.78 Å². The molecule has 0 bridgehead atoms. The molecule has 0 N–H and O–H groups in total. The second-order valence-corrected chi connectivity index (χ2v) is 6.55. The van der Waals surface area contributed by atoms with Crippen LogP contribution in [0.15, 0.2) is 36.0 Å². The van der Waals surface area contributed by atoms with Crippen LogP contribution >= 0.6 is 0 Å². The van der Waals surface area contributed by atoms with Gasteiger partial charge < -0.3 is 0 Å². The fourth-order valence-corrected chi connectivity index (χ4v) is 3.50. The maximum Gasteiger partial charge on any atom is 0.140 e. The van der Waals surface area contributed by atoms with Crippen LogP contribution in [0.4, 0.5) is 0 Å². The van der Waals surface area contributed by atoms with Crippen molar-refractivity contribution in [1.82, 2.24) is 0 Å². The van der Waals surface area contributed by atoms with E-state index in [2.05, 4.69) is 44.2 Å². The summed E-state index contributed by atoms with van der Waals surface area (Å²) in [5, 5.41) is 0. The van der Waals surface area contributed by atoms with E-state index in [1.807, 2.05) is 0 Å². The third-order valence-electron chi connectivity index (χ3n) is 4.63. The summed E-state index contributed by atoms with van der Waals surface area (Å²) < 4.78 is 0. The number of Topliss-reactive ketones (excluding diaryl/α,β-unsaturated/α-hetero) is 1. The highest BCUT2D eigenvalue weighted by atomic mass is 16.1. The monoisotopic (exact) mass is 272 g/mol. The van der Waals surface area contributed by atoms with E-state index >= 15 is 0 Å². The van der Waals surface area contributed by atoms with E-state index in [9.17, 15) is 4.79 Å². The Kier molecular flexibility index (Phi) is 5.82. The molecule has 3 atom stereocenters. The number of carbonyl (C=O) groups is 1. The topological polar surface area (TPSA) is 17.1 Å². The highest BCUT2D eigenvalue weighted by molar-refractivity contribution is 5.83. The molecule has 20 heavy (non-hydrogen) atoms. The van der Waals surface area contributed by atoms with Crippen LogP contribution in [0.5, 0.6) is 0 Å². The normalized spacial score (nSPS) is 31.1. The molecule has 3 unspecified atom stereocenters. The number of allylic oxidation sites excluding steroid dienone is 6. The lowest BCUT2D eigenvalue weighted by Gasteiger charge is -2.18. The molecule has 0 aromatic carbocycles. The number of hydrogen-bond acceptors (Lipinski definition) is 1. The van der Waals surface area contributed by atoms with Crippen LogP contribution in [0.3, 0.4) is 0 Å². The maximum atomic E-state index is 12.4. The summed E-state index contributed by atoms with van der Waals surface area (Å²) in [6.45, 7) is 4.42. The number of rotatable bonds is 4. The largest absolute Gasteiger partial charge is 0.299 e. The molecule has 0 saturated heterocycles. The molecule has 2 aliphatic rings. The fraction of sp³-hybridized carbons (Fsp3) is 0.632. The van der Waals surface area contributed by atoms with Crippen molar-refractivity contribution in [1.29, 1.82) is 0 Å². The molecule has 0 heterocycles. The summed E-state index contributed by atoms with van der Waals surface area (Å²) in [6.07, 6.45) is 18.5. The highest BCUT2D eigenvalue weighted by Crippen LogP contribution is 2.31. The lowest BCUT2D eigenvalue weighted by Crippen LogP contribution is -2.16. The molecular formula is C19H28O. The van der Waals surface area contributed by atoms with Gasteiger partial charge >= 0.3 is 0 Å². The van der Waals surface area contributed by atoms with E-state index in [4.69, 9.17) is 0 Å². The van der Waals surface area contributed by atoms with Gasteiger partial charge in [0.25, 0.3) is 0 Å². The predicted molar refractivity (Wildman–Crippen MR) is 85.5 cm³/mol. The van der Waals surface area contributed by atoms with Crippen molar-refractivity contribution in [3.63, 3.8) is 0 Å². The molecule has 110 valence electrons. The summed E-state index contributed by atoms with van der Waals surface area (Å²) in [7, 11) is 0. The van der Waals surface area contributed by atoms with Gasteiger partial charge in [-0.15, -0.1) is 0 Å². The van der Waals surface area contributed by atoms with Gasteiger partial charge in [-0.3, -0.25) is 4.79 Å². The summed E-state index contributed by atoms with van der Waals surface area (Å²) in [5.41, 5.74) is 1.39. The van der Waals surface area contributed by atoms with E-state index in [0.29, 0.717) is 18.1 Å². The summed E-state index contributed by atoms with van der Waals surface area (Å²) >= 11 is 0. The lowest BCUT2D eigenvalue weighted by molar-refractivity contribution is -0.122. The van der Waals surface area contributed by atoms with Crippen molar-refractivity contribution in [2.75, 3.05) is 0 Å². The first kappa shape index (κ1) is 15.3. The molecule has 0 fully saturated rings. The van der Waals surface area contributed by atoms with Crippen LogP contribution in [-0.2, 0) is 4.79 Å². The van der Waals surface area contributed by atoms with Crippen molar-refractivity contribution < 1.29 is 4.79 Å². The van der Waals surface area contributed by atoms with Crippen molar-refractivity contribution in [2.24, 2.45) is 17.8 Å². The van der Waals surface area contributed by atoms with Gasteiger partial charge in [0, 0.05) is 12.3 Å². The SMILES string of the molecule is CC=CC1CC(CC(=O)C2CC=CCC2)=CCC(C)C1. The van der Waals surface area contributed by atoms with Crippen molar-refractivity contribution in [3.05, 3.63) is 36.0 Å². The zero-order chi connectivity index (χ0) is 14.4. The molecule has 0 aromatic heterocycles. The average molecular weight is 272 g/mol. The zero-order valence-electron chi connectivity index (χ0n) is 13.0. The summed E-state index contributed by atoms with van der Waals surface area (Å²) in [4.78, 5) is 12.4. The third kappa shape index (κ3) is 4.47. The standard InChI is InChI=1S/C19H28O/c1-3-7-16-12-15(2)10-11-17(13-16)14-19(20)18-8-5-4-6-9-18/h3-5,7,11,15-16,18H,6,8-10,12-14H2,1-2H3. The first-order chi connectivity index (χ1) is 9.69. The molecule has 0 saturated carbocycles. The van der Waals surface area contributed by atoms with E-state index in [-0.39, 0.29) is 5.92 Å². The van der Waals surface area contributed by atoms with E-state index in [1.165, 1.54) is 12.0 Å². The molecule has 0 spiro atoms. The minimum atomic E-state index is 0.279. The van der Waals surface area contributed by atoms with E-state index < -0.39 is 0 Å². The van der Waals surface area contributed by atoms with Gasteiger partial charge in [0.2, 0.25) is 0 Å². The van der Waals surface area contributed by atoms with Crippen LogP contribution in [0.1, 0.15) is 58.8 Å². The minimum absolute atomic E-state index is 0.279. The van der Waals surface area contributed by atoms with Crippen LogP contribution in [-0.4, -0.2) is 5.78 Å². The van der Waals surface area contributed by atoms with E-state index in [0.717, 1.165) is 38.0 Å². The zero-order valence-corrected chi connectivity index (χ0v) is 13.0. The predicted octanol–water partition coefficient (Wildman–Crippen LogP) is 5.24. The molecule has 0 amide bonds. The molecule has 1 heteroatoms. The molecule has 0 aliphatic heterocycles. The lowest BCUT2D eigenvalue weighted by atomic mass is 9.86. The number of hydrogen-bond donors (Lipinski definition) is 0. The van der Waals surface area contributed by atoms with Gasteiger partial charge in [-0.1, -0.05) is 42.9 Å². The van der Waals surface area contributed by atoms with Gasteiger partial charge in [0.1, 0.15) is 5.78 Å². The first-order valence-electron chi connectivity index (χ1n) is 8.17. The van der Waals surface area contributed by atoms with Gasteiger partial charge in [0.05, 0.1) is 0 Å². The van der Waals surface area contributed by atoms with Gasteiger partial charge in [-0.25, -0.2) is 0 Å². The first-order valence-corrected chi connectivity index (χ1v) is 8.17. The van der Waals surface area contributed by atoms with Gasteiger partial charge in [-0.05, 0) is 57.3 Å². The Morgan fingerprint density at radius 2 is 2.20 bits per heavy atom. The molecular weight excluding hydrogens is 244 g/mol. The Bertz CT molecular complexity index is 413. The quantitative estimate of drug-likeness (QED) is 0.639. The maximum absolute atomic E-state index is 12.4. The second kappa shape index (κ2) is 7.61. The van der Waals surface area contributed by atoms with Gasteiger partial charge in [-0.2, -0.15) is 0 Å². The van der Waals surface area contributed by atoms with Crippen molar-refractivity contribution in [3.8, 4) is 0 Å². The summed E-state index contributed by atoms with van der Waals surface area (Å²) in [6, 6.07) is 0. The Morgan fingerprint density at radius 3 is 2.90 bits per heavy atom. The van der Waals surface area contributed by atoms with E-state index in [1.54, 1.807) is 0 Å². The van der Waals surface area contributed by atoms with Gasteiger partial charge in [0.15, 0.2) is 0 Å². The number of ketones is 1. The third-order valence-corrected chi connectivity index (χ3v) is 4.63. The smallest absolute Gasteiger partial charge is 0.140 e.